The molecule has 2 N–H and O–H groups in total. The van der Waals surface area contributed by atoms with Gasteiger partial charge in [-0.05, 0) is 39.4 Å². The Balaban J connectivity index is 2.15. The molecule has 0 amide bonds. The quantitative estimate of drug-likeness (QED) is 0.647. The lowest BCUT2D eigenvalue weighted by Gasteiger charge is -2.30. The minimum absolute atomic E-state index is 0.758. The molecule has 1 saturated heterocycles. The Kier molecular flexibility index (Phi) is 4.58. The van der Waals surface area contributed by atoms with Crippen molar-refractivity contribution in [3.63, 3.8) is 0 Å². The minimum atomic E-state index is 0.758. The van der Waals surface area contributed by atoms with Crippen molar-refractivity contribution < 1.29 is 0 Å². The molecule has 3 heteroatoms. The molecule has 0 unspecified atom stereocenters. The molecule has 3 nitrogen and oxygen atoms in total. The highest BCUT2D eigenvalue weighted by molar-refractivity contribution is 4.75. The maximum atomic E-state index is 5.46. The summed E-state index contributed by atoms with van der Waals surface area (Å²) in [6.45, 7) is 4.05. The van der Waals surface area contributed by atoms with Gasteiger partial charge in [-0.25, -0.2) is 5.32 Å². The highest BCUT2D eigenvalue weighted by Gasteiger charge is 2.17. The zero-order valence-electron chi connectivity index (χ0n) is 8.00. The number of hydrogen-bond acceptors (Lipinski definition) is 2. The van der Waals surface area contributed by atoms with Gasteiger partial charge in [0.25, 0.3) is 0 Å². The monoisotopic (exact) mass is 170 g/mol. The molecule has 0 aliphatic carbocycles. The molecule has 0 aromatic heterocycles. The predicted molar refractivity (Wildman–Crippen MR) is 51.2 cm³/mol. The van der Waals surface area contributed by atoms with Gasteiger partial charge < -0.3 is 10.6 Å². The Morgan fingerprint density at radius 1 is 1.42 bits per heavy atom. The molecule has 1 radical (unpaired) electrons. The third kappa shape index (κ3) is 3.09. The average molecular weight is 170 g/mol. The van der Waals surface area contributed by atoms with Crippen molar-refractivity contribution in [2.45, 2.75) is 25.3 Å². The first-order valence-electron chi connectivity index (χ1n) is 4.88. The van der Waals surface area contributed by atoms with E-state index in [1.54, 1.807) is 0 Å². The van der Waals surface area contributed by atoms with Crippen LogP contribution in [-0.4, -0.2) is 44.2 Å². The summed E-state index contributed by atoms with van der Waals surface area (Å²) in [6, 6.07) is 0.758. The SMILES string of the molecule is CN(CCCN)C1CC[N]CC1. The fourth-order valence-electron chi connectivity index (χ4n) is 1.70. The van der Waals surface area contributed by atoms with Gasteiger partial charge in [-0.3, -0.25) is 0 Å². The molecule has 0 spiro atoms. The van der Waals surface area contributed by atoms with Crippen molar-refractivity contribution >= 4 is 0 Å². The van der Waals surface area contributed by atoms with Crippen LogP contribution >= 0.6 is 0 Å². The Bertz CT molecular complexity index is 110. The summed E-state index contributed by atoms with van der Waals surface area (Å²) in [6.07, 6.45) is 3.59. The Labute approximate surface area is 75.3 Å². The molecule has 71 valence electrons. The van der Waals surface area contributed by atoms with Crippen LogP contribution in [0.3, 0.4) is 0 Å². The van der Waals surface area contributed by atoms with E-state index in [2.05, 4.69) is 17.3 Å². The summed E-state index contributed by atoms with van der Waals surface area (Å²) in [7, 11) is 2.20. The van der Waals surface area contributed by atoms with Crippen LogP contribution in [0.4, 0.5) is 0 Å². The van der Waals surface area contributed by atoms with E-state index in [0.29, 0.717) is 0 Å². The van der Waals surface area contributed by atoms with Gasteiger partial charge in [-0.2, -0.15) is 0 Å². The lowest BCUT2D eigenvalue weighted by molar-refractivity contribution is 0.197. The van der Waals surface area contributed by atoms with Crippen LogP contribution in [0.5, 0.6) is 0 Å². The van der Waals surface area contributed by atoms with Gasteiger partial charge in [0, 0.05) is 19.1 Å². The van der Waals surface area contributed by atoms with Crippen molar-refractivity contribution in [1.29, 1.82) is 0 Å². The number of piperidine rings is 1. The maximum Gasteiger partial charge on any atom is 0.0148 e. The van der Waals surface area contributed by atoms with E-state index >= 15 is 0 Å². The van der Waals surface area contributed by atoms with E-state index in [0.717, 1.165) is 38.6 Å². The van der Waals surface area contributed by atoms with E-state index in [-0.39, 0.29) is 0 Å². The van der Waals surface area contributed by atoms with Gasteiger partial charge in [0.1, 0.15) is 0 Å². The molecule has 1 rings (SSSR count). The first-order valence-corrected chi connectivity index (χ1v) is 4.88. The summed E-state index contributed by atoms with van der Waals surface area (Å²) in [5.41, 5.74) is 5.46. The van der Waals surface area contributed by atoms with Crippen LogP contribution in [0.1, 0.15) is 19.3 Å². The van der Waals surface area contributed by atoms with Crippen molar-refractivity contribution in [2.75, 3.05) is 33.2 Å². The molecule has 1 aliphatic rings. The second-order valence-corrected chi connectivity index (χ2v) is 3.52. The van der Waals surface area contributed by atoms with Crippen LogP contribution < -0.4 is 11.1 Å². The van der Waals surface area contributed by atoms with E-state index in [4.69, 9.17) is 5.73 Å². The first-order chi connectivity index (χ1) is 5.84. The highest BCUT2D eigenvalue weighted by Crippen LogP contribution is 2.10. The second kappa shape index (κ2) is 5.51. The van der Waals surface area contributed by atoms with Crippen LogP contribution in [0.25, 0.3) is 0 Å². The van der Waals surface area contributed by atoms with Crippen LogP contribution in [0.15, 0.2) is 0 Å². The average Bonchev–Trinajstić information content (AvgIpc) is 2.15. The zero-order chi connectivity index (χ0) is 8.81. The largest absolute Gasteiger partial charge is 0.330 e. The van der Waals surface area contributed by atoms with E-state index in [1.807, 2.05) is 0 Å². The number of hydrogen-bond donors (Lipinski definition) is 1. The topological polar surface area (TPSA) is 43.4 Å². The van der Waals surface area contributed by atoms with Crippen LogP contribution in [-0.2, 0) is 0 Å². The maximum absolute atomic E-state index is 5.46. The Hall–Kier alpha value is -0.120. The van der Waals surface area contributed by atoms with Crippen molar-refractivity contribution in [3.05, 3.63) is 0 Å². The predicted octanol–water partition coefficient (Wildman–Crippen LogP) is 0.0338. The molecule has 1 aliphatic heterocycles. The third-order valence-corrected chi connectivity index (χ3v) is 2.58. The lowest BCUT2D eigenvalue weighted by Crippen LogP contribution is -2.39. The summed E-state index contributed by atoms with van der Waals surface area (Å²) in [4.78, 5) is 2.43. The summed E-state index contributed by atoms with van der Waals surface area (Å²) < 4.78 is 0. The fourth-order valence-corrected chi connectivity index (χ4v) is 1.70. The standard InChI is InChI=1S/C9H20N3/c1-12(8-2-5-10)9-3-6-11-7-4-9/h9H,2-8,10H2,1H3. The van der Waals surface area contributed by atoms with Crippen LogP contribution in [0, 0.1) is 0 Å². The number of nitrogens with two attached hydrogens (primary N) is 1. The Morgan fingerprint density at radius 2 is 2.08 bits per heavy atom. The molecular formula is C9H20N3. The van der Waals surface area contributed by atoms with E-state index in [9.17, 15) is 0 Å². The molecular weight excluding hydrogens is 150 g/mol. The lowest BCUT2D eigenvalue weighted by atomic mass is 10.1. The fraction of sp³-hybridized carbons (Fsp3) is 1.00. The van der Waals surface area contributed by atoms with Gasteiger partial charge in [0.2, 0.25) is 0 Å². The third-order valence-electron chi connectivity index (χ3n) is 2.58. The van der Waals surface area contributed by atoms with Gasteiger partial charge in [-0.1, -0.05) is 0 Å². The molecule has 1 fully saturated rings. The highest BCUT2D eigenvalue weighted by atomic mass is 15.1. The van der Waals surface area contributed by atoms with Crippen molar-refractivity contribution in [2.24, 2.45) is 5.73 Å². The Morgan fingerprint density at radius 3 is 2.67 bits per heavy atom. The smallest absolute Gasteiger partial charge is 0.0148 e. The minimum Gasteiger partial charge on any atom is -0.330 e. The van der Waals surface area contributed by atoms with Crippen molar-refractivity contribution in [3.8, 4) is 0 Å². The van der Waals surface area contributed by atoms with Gasteiger partial charge in [-0.15, -0.1) is 0 Å². The van der Waals surface area contributed by atoms with Gasteiger partial charge >= 0.3 is 0 Å². The molecule has 0 atom stereocenters. The molecule has 0 bridgehead atoms. The number of rotatable bonds is 4. The zero-order valence-corrected chi connectivity index (χ0v) is 8.00. The van der Waals surface area contributed by atoms with Gasteiger partial charge in [0.05, 0.1) is 0 Å². The van der Waals surface area contributed by atoms with Gasteiger partial charge in [0.15, 0.2) is 0 Å². The first kappa shape index (κ1) is 9.96. The molecule has 0 saturated carbocycles. The summed E-state index contributed by atoms with van der Waals surface area (Å²) >= 11 is 0. The molecule has 1 heterocycles. The molecule has 12 heavy (non-hydrogen) atoms. The second-order valence-electron chi connectivity index (χ2n) is 3.52. The van der Waals surface area contributed by atoms with Crippen molar-refractivity contribution in [1.82, 2.24) is 10.2 Å². The van der Waals surface area contributed by atoms with E-state index < -0.39 is 0 Å². The number of nitrogens with zero attached hydrogens (tertiary/aromatic N) is 2. The molecule has 0 aromatic carbocycles. The van der Waals surface area contributed by atoms with Crippen LogP contribution in [0.2, 0.25) is 0 Å². The summed E-state index contributed by atoms with van der Waals surface area (Å²) in [5, 5.41) is 4.34. The summed E-state index contributed by atoms with van der Waals surface area (Å²) in [5.74, 6) is 0. The molecule has 0 aromatic rings. The van der Waals surface area contributed by atoms with E-state index in [1.165, 1.54) is 12.8 Å². The normalized spacial score (nSPS) is 20.2.